The maximum Gasteiger partial charge on any atom is 0.264 e. The SMILES string of the molecule is Cc1ccsc1CN(C)C(=O)c1c(C)nc(C(C)(C)C)[nH]c1=O. The molecule has 2 heterocycles. The van der Waals surface area contributed by atoms with Gasteiger partial charge >= 0.3 is 0 Å². The number of hydrogen-bond acceptors (Lipinski definition) is 4. The van der Waals surface area contributed by atoms with E-state index in [0.29, 0.717) is 18.1 Å². The number of carbonyl (C=O) groups is 1. The van der Waals surface area contributed by atoms with E-state index in [-0.39, 0.29) is 22.4 Å². The molecule has 0 aliphatic carbocycles. The van der Waals surface area contributed by atoms with Gasteiger partial charge in [-0.1, -0.05) is 20.8 Å². The first-order valence-corrected chi connectivity index (χ1v) is 8.39. The van der Waals surface area contributed by atoms with Crippen molar-refractivity contribution in [1.82, 2.24) is 14.9 Å². The van der Waals surface area contributed by atoms with Gasteiger partial charge in [0.2, 0.25) is 0 Å². The maximum atomic E-state index is 12.7. The van der Waals surface area contributed by atoms with Gasteiger partial charge in [0.15, 0.2) is 0 Å². The molecule has 2 rings (SSSR count). The largest absolute Gasteiger partial charge is 0.336 e. The van der Waals surface area contributed by atoms with Gasteiger partial charge < -0.3 is 9.88 Å². The number of nitrogens with one attached hydrogen (secondary N) is 1. The summed E-state index contributed by atoms with van der Waals surface area (Å²) in [5, 5.41) is 2.00. The van der Waals surface area contributed by atoms with Crippen molar-refractivity contribution in [1.29, 1.82) is 0 Å². The number of aromatic amines is 1. The molecule has 0 bridgehead atoms. The van der Waals surface area contributed by atoms with Gasteiger partial charge in [-0.2, -0.15) is 0 Å². The number of rotatable bonds is 3. The molecule has 2 aromatic heterocycles. The summed E-state index contributed by atoms with van der Waals surface area (Å²) >= 11 is 1.61. The maximum absolute atomic E-state index is 12.7. The Morgan fingerprint density at radius 2 is 2.00 bits per heavy atom. The van der Waals surface area contributed by atoms with Crippen LogP contribution in [0, 0.1) is 13.8 Å². The van der Waals surface area contributed by atoms with E-state index in [9.17, 15) is 9.59 Å². The van der Waals surface area contributed by atoms with Crippen LogP contribution in [0.25, 0.3) is 0 Å². The summed E-state index contributed by atoms with van der Waals surface area (Å²) in [6.45, 7) is 10.1. The Labute approximate surface area is 140 Å². The van der Waals surface area contributed by atoms with Crippen molar-refractivity contribution in [2.45, 2.75) is 46.6 Å². The number of thiophene rings is 1. The molecule has 0 aliphatic heterocycles. The standard InChI is InChI=1S/C17H23N3O2S/c1-10-7-8-23-12(10)9-20(6)15(22)13-11(2)18-16(17(3,4)5)19-14(13)21/h7-8H,9H2,1-6H3,(H,18,19,21). The molecule has 0 aromatic carbocycles. The van der Waals surface area contributed by atoms with Gasteiger partial charge in [0.05, 0.1) is 12.2 Å². The van der Waals surface area contributed by atoms with Crippen molar-refractivity contribution in [2.75, 3.05) is 7.05 Å². The smallest absolute Gasteiger partial charge is 0.264 e. The summed E-state index contributed by atoms with van der Waals surface area (Å²) in [5.41, 5.74) is 1.10. The number of aryl methyl sites for hydroxylation is 2. The monoisotopic (exact) mass is 333 g/mol. The van der Waals surface area contributed by atoms with Crippen molar-refractivity contribution in [3.05, 3.63) is 49.3 Å². The molecule has 23 heavy (non-hydrogen) atoms. The zero-order chi connectivity index (χ0) is 17.4. The lowest BCUT2D eigenvalue weighted by Crippen LogP contribution is -2.34. The molecule has 0 spiro atoms. The first-order valence-electron chi connectivity index (χ1n) is 7.51. The van der Waals surface area contributed by atoms with Gasteiger partial charge in [0.25, 0.3) is 11.5 Å². The van der Waals surface area contributed by atoms with Crippen molar-refractivity contribution in [3.8, 4) is 0 Å². The second-order valence-electron chi connectivity index (χ2n) is 6.81. The van der Waals surface area contributed by atoms with Crippen LogP contribution in [0.3, 0.4) is 0 Å². The van der Waals surface area contributed by atoms with Gasteiger partial charge in [-0.05, 0) is 30.9 Å². The van der Waals surface area contributed by atoms with Gasteiger partial charge in [-0.15, -0.1) is 11.3 Å². The molecule has 5 nitrogen and oxygen atoms in total. The lowest BCUT2D eigenvalue weighted by atomic mass is 9.95. The topological polar surface area (TPSA) is 66.1 Å². The highest BCUT2D eigenvalue weighted by atomic mass is 32.1. The number of H-pyrrole nitrogens is 1. The quantitative estimate of drug-likeness (QED) is 0.939. The molecular formula is C17H23N3O2S. The molecule has 124 valence electrons. The van der Waals surface area contributed by atoms with Crippen LogP contribution in [-0.2, 0) is 12.0 Å². The summed E-state index contributed by atoms with van der Waals surface area (Å²) < 4.78 is 0. The Morgan fingerprint density at radius 1 is 1.35 bits per heavy atom. The molecule has 1 amide bonds. The third kappa shape index (κ3) is 3.69. The average Bonchev–Trinajstić information content (AvgIpc) is 2.82. The minimum Gasteiger partial charge on any atom is -0.336 e. The van der Waals surface area contributed by atoms with Crippen molar-refractivity contribution >= 4 is 17.2 Å². The predicted octanol–water partition coefficient (Wildman–Crippen LogP) is 3.02. The number of carbonyl (C=O) groups excluding carboxylic acids is 1. The van der Waals surface area contributed by atoms with Gasteiger partial charge in [0.1, 0.15) is 11.4 Å². The minimum absolute atomic E-state index is 0.120. The summed E-state index contributed by atoms with van der Waals surface area (Å²) in [5.74, 6) is 0.290. The molecule has 2 aromatic rings. The van der Waals surface area contributed by atoms with E-state index in [1.807, 2.05) is 39.1 Å². The lowest BCUT2D eigenvalue weighted by molar-refractivity contribution is 0.0783. The number of amides is 1. The molecule has 1 N–H and O–H groups in total. The Bertz CT molecular complexity index is 784. The second kappa shape index (κ2) is 6.28. The van der Waals surface area contributed by atoms with Crippen LogP contribution in [0.2, 0.25) is 0 Å². The normalized spacial score (nSPS) is 11.6. The fourth-order valence-corrected chi connectivity index (χ4v) is 3.20. The third-order valence-corrected chi connectivity index (χ3v) is 4.73. The van der Waals surface area contributed by atoms with Crippen LogP contribution in [0.15, 0.2) is 16.2 Å². The van der Waals surface area contributed by atoms with E-state index in [4.69, 9.17) is 0 Å². The summed E-state index contributed by atoms with van der Waals surface area (Å²) in [7, 11) is 1.71. The number of hydrogen-bond donors (Lipinski definition) is 1. The van der Waals surface area contributed by atoms with E-state index < -0.39 is 0 Å². The molecule has 0 fully saturated rings. The van der Waals surface area contributed by atoms with Crippen molar-refractivity contribution < 1.29 is 4.79 Å². The highest BCUT2D eigenvalue weighted by Crippen LogP contribution is 2.20. The zero-order valence-corrected chi connectivity index (χ0v) is 15.3. The van der Waals surface area contributed by atoms with Crippen LogP contribution in [-0.4, -0.2) is 27.8 Å². The Hall–Kier alpha value is -1.95. The van der Waals surface area contributed by atoms with Gasteiger partial charge in [-0.3, -0.25) is 9.59 Å². The van der Waals surface area contributed by atoms with E-state index in [0.717, 1.165) is 10.4 Å². The van der Waals surface area contributed by atoms with E-state index in [1.165, 1.54) is 0 Å². The van der Waals surface area contributed by atoms with E-state index in [2.05, 4.69) is 9.97 Å². The molecule has 0 atom stereocenters. The fraction of sp³-hybridized carbons (Fsp3) is 0.471. The molecule has 0 radical (unpaired) electrons. The van der Waals surface area contributed by atoms with Gasteiger partial charge in [0, 0.05) is 17.3 Å². The summed E-state index contributed by atoms with van der Waals surface area (Å²) in [4.78, 5) is 34.9. The van der Waals surface area contributed by atoms with Crippen molar-refractivity contribution in [2.24, 2.45) is 0 Å². The van der Waals surface area contributed by atoms with Crippen LogP contribution in [0.5, 0.6) is 0 Å². The highest BCUT2D eigenvalue weighted by molar-refractivity contribution is 7.10. The van der Waals surface area contributed by atoms with Crippen LogP contribution >= 0.6 is 11.3 Å². The van der Waals surface area contributed by atoms with Gasteiger partial charge in [-0.25, -0.2) is 4.98 Å². The van der Waals surface area contributed by atoms with Crippen LogP contribution < -0.4 is 5.56 Å². The molecular weight excluding hydrogens is 310 g/mol. The first-order chi connectivity index (χ1) is 10.6. The molecule has 6 heteroatoms. The Balaban J connectivity index is 2.33. The second-order valence-corrected chi connectivity index (χ2v) is 7.81. The van der Waals surface area contributed by atoms with Crippen molar-refractivity contribution in [3.63, 3.8) is 0 Å². The molecule has 0 saturated carbocycles. The highest BCUT2D eigenvalue weighted by Gasteiger charge is 2.24. The first kappa shape index (κ1) is 17.4. The van der Waals surface area contributed by atoms with E-state index in [1.54, 1.807) is 30.2 Å². The molecule has 0 saturated heterocycles. The number of aromatic nitrogens is 2. The molecule has 0 aliphatic rings. The third-order valence-electron chi connectivity index (χ3n) is 3.72. The Morgan fingerprint density at radius 3 is 2.48 bits per heavy atom. The fourth-order valence-electron chi connectivity index (χ4n) is 2.24. The predicted molar refractivity (Wildman–Crippen MR) is 93.1 cm³/mol. The Kier molecular flexibility index (Phi) is 4.75. The lowest BCUT2D eigenvalue weighted by Gasteiger charge is -2.20. The summed E-state index contributed by atoms with van der Waals surface area (Å²) in [6.07, 6.45) is 0. The average molecular weight is 333 g/mol. The summed E-state index contributed by atoms with van der Waals surface area (Å²) in [6, 6.07) is 2.02. The van der Waals surface area contributed by atoms with Crippen LogP contribution in [0.4, 0.5) is 0 Å². The molecule has 0 unspecified atom stereocenters. The van der Waals surface area contributed by atoms with Crippen LogP contribution in [0.1, 0.15) is 53.1 Å². The van der Waals surface area contributed by atoms with E-state index >= 15 is 0 Å². The zero-order valence-electron chi connectivity index (χ0n) is 14.5. The number of nitrogens with zero attached hydrogens (tertiary/aromatic N) is 2. The minimum atomic E-state index is -0.373.